The average molecular weight is 394 g/mol. The molecule has 138 valence electrons. The van der Waals surface area contributed by atoms with Gasteiger partial charge in [-0.25, -0.2) is 0 Å². The van der Waals surface area contributed by atoms with Crippen molar-refractivity contribution in [3.63, 3.8) is 0 Å². The number of halogens is 1. The Bertz CT molecular complexity index is 784. The van der Waals surface area contributed by atoms with Crippen molar-refractivity contribution >= 4 is 40.6 Å². The summed E-state index contributed by atoms with van der Waals surface area (Å²) >= 11 is 7.21. The number of imide groups is 1. The lowest BCUT2D eigenvalue weighted by molar-refractivity contribution is -0.124. The first kappa shape index (κ1) is 20.2. The summed E-state index contributed by atoms with van der Waals surface area (Å²) in [5.74, 6) is 2.87. The van der Waals surface area contributed by atoms with E-state index < -0.39 is 0 Å². The molecule has 1 aromatic rings. The van der Waals surface area contributed by atoms with Gasteiger partial charge in [0.15, 0.2) is 11.5 Å². The lowest BCUT2D eigenvalue weighted by atomic mass is 10.1. The highest BCUT2D eigenvalue weighted by molar-refractivity contribution is 8.18. The van der Waals surface area contributed by atoms with Gasteiger partial charge in [-0.2, -0.15) is 0 Å². The maximum absolute atomic E-state index is 12.5. The van der Waals surface area contributed by atoms with Crippen LogP contribution in [0.15, 0.2) is 17.0 Å². The molecule has 2 rings (SSSR count). The summed E-state index contributed by atoms with van der Waals surface area (Å²) in [6, 6.07) is 3.21. The fourth-order valence-corrected chi connectivity index (χ4v) is 3.59. The van der Waals surface area contributed by atoms with Gasteiger partial charge in [0.1, 0.15) is 6.61 Å². The van der Waals surface area contributed by atoms with Gasteiger partial charge in [-0.15, -0.1) is 6.42 Å². The third kappa shape index (κ3) is 4.35. The predicted octanol–water partition coefficient (Wildman–Crippen LogP) is 4.59. The molecule has 1 atom stereocenters. The molecule has 0 radical (unpaired) electrons. The van der Waals surface area contributed by atoms with Crippen LogP contribution in [0.5, 0.6) is 11.5 Å². The van der Waals surface area contributed by atoms with Crippen molar-refractivity contribution < 1.29 is 19.1 Å². The normalized spacial score (nSPS) is 16.7. The molecule has 1 aromatic carbocycles. The van der Waals surface area contributed by atoms with Crippen LogP contribution in [0.2, 0.25) is 5.02 Å². The van der Waals surface area contributed by atoms with Gasteiger partial charge < -0.3 is 9.47 Å². The molecule has 7 heteroatoms. The van der Waals surface area contributed by atoms with Crippen LogP contribution in [0.1, 0.15) is 32.8 Å². The predicted molar refractivity (Wildman–Crippen MR) is 105 cm³/mol. The van der Waals surface area contributed by atoms with E-state index in [2.05, 4.69) is 5.92 Å². The first-order chi connectivity index (χ1) is 12.4. The minimum absolute atomic E-state index is 0.0624. The summed E-state index contributed by atoms with van der Waals surface area (Å²) < 4.78 is 11.0. The molecule has 1 fully saturated rings. The highest BCUT2D eigenvalue weighted by atomic mass is 35.5. The third-order valence-corrected chi connectivity index (χ3v) is 4.95. The van der Waals surface area contributed by atoms with E-state index in [0.29, 0.717) is 40.0 Å². The lowest BCUT2D eigenvalue weighted by Crippen LogP contribution is -2.36. The lowest BCUT2D eigenvalue weighted by Gasteiger charge is -2.19. The Morgan fingerprint density at radius 3 is 2.69 bits per heavy atom. The summed E-state index contributed by atoms with van der Waals surface area (Å²) in [5, 5.41) is 0.0549. The summed E-state index contributed by atoms with van der Waals surface area (Å²) in [5.41, 5.74) is 0.640. The summed E-state index contributed by atoms with van der Waals surface area (Å²) in [6.45, 7) is 6.09. The van der Waals surface area contributed by atoms with Gasteiger partial charge in [-0.1, -0.05) is 24.4 Å². The van der Waals surface area contributed by atoms with E-state index >= 15 is 0 Å². The number of amides is 2. The molecule has 0 aromatic heterocycles. The SMILES string of the molecule is C#CCOc1c(Cl)cc(/C=C2/SC(=O)N([C@H](C)CC)C2=O)cc1OCC. The van der Waals surface area contributed by atoms with E-state index in [1.807, 2.05) is 20.8 Å². The minimum atomic E-state index is -0.295. The van der Waals surface area contributed by atoms with E-state index in [1.165, 1.54) is 4.90 Å². The first-order valence-corrected chi connectivity index (χ1v) is 9.42. The van der Waals surface area contributed by atoms with Crippen molar-refractivity contribution in [2.75, 3.05) is 13.2 Å². The molecule has 2 amide bonds. The number of carbonyl (C=O) groups is 2. The molecule has 0 aliphatic carbocycles. The molecule has 1 aliphatic rings. The maximum Gasteiger partial charge on any atom is 0.293 e. The second-order valence-electron chi connectivity index (χ2n) is 5.56. The van der Waals surface area contributed by atoms with Crippen molar-refractivity contribution in [3.8, 4) is 23.8 Å². The van der Waals surface area contributed by atoms with E-state index in [9.17, 15) is 9.59 Å². The van der Waals surface area contributed by atoms with Gasteiger partial charge in [0, 0.05) is 6.04 Å². The number of hydrogen-bond acceptors (Lipinski definition) is 5. The number of rotatable bonds is 7. The summed E-state index contributed by atoms with van der Waals surface area (Å²) in [4.78, 5) is 26.3. The molecule has 1 saturated heterocycles. The number of terminal acetylenes is 1. The molecular weight excluding hydrogens is 374 g/mol. The van der Waals surface area contributed by atoms with Crippen molar-refractivity contribution in [3.05, 3.63) is 27.6 Å². The van der Waals surface area contributed by atoms with Gasteiger partial charge in [-0.3, -0.25) is 14.5 Å². The third-order valence-electron chi connectivity index (χ3n) is 3.78. The Labute approximate surface area is 162 Å². The fraction of sp³-hybridized carbons (Fsp3) is 0.368. The Balaban J connectivity index is 2.37. The summed E-state index contributed by atoms with van der Waals surface area (Å²) in [6.07, 6.45) is 7.55. The molecule has 0 N–H and O–H groups in total. The second kappa shape index (κ2) is 9.02. The molecule has 0 spiro atoms. The Hall–Kier alpha value is -2.10. The van der Waals surface area contributed by atoms with Crippen LogP contribution in [0.3, 0.4) is 0 Å². The van der Waals surface area contributed by atoms with E-state index in [1.54, 1.807) is 18.2 Å². The molecule has 26 heavy (non-hydrogen) atoms. The fourth-order valence-electron chi connectivity index (χ4n) is 2.38. The number of thioether (sulfide) groups is 1. The van der Waals surface area contributed by atoms with Crippen molar-refractivity contribution in [2.45, 2.75) is 33.2 Å². The Morgan fingerprint density at radius 2 is 2.08 bits per heavy atom. The van der Waals surface area contributed by atoms with Gasteiger partial charge in [-0.05, 0) is 55.8 Å². The highest BCUT2D eigenvalue weighted by Crippen LogP contribution is 2.39. The monoisotopic (exact) mass is 393 g/mol. The standard InChI is InChI=1S/C19H20ClNO4S/c1-5-8-25-17-14(20)9-13(10-15(17)24-7-3)11-16-18(22)21(12(4)6-2)19(23)26-16/h1,9-12H,6-8H2,2-4H3/b16-11+/t12-/m1/s1. The molecule has 1 aliphatic heterocycles. The average Bonchev–Trinajstić information content (AvgIpc) is 2.87. The first-order valence-electron chi connectivity index (χ1n) is 8.22. The van der Waals surface area contributed by atoms with Crippen molar-refractivity contribution in [1.82, 2.24) is 4.90 Å². The molecular formula is C19H20ClNO4S. The van der Waals surface area contributed by atoms with Crippen LogP contribution >= 0.6 is 23.4 Å². The van der Waals surface area contributed by atoms with E-state index in [-0.39, 0.29) is 23.8 Å². The van der Waals surface area contributed by atoms with Crippen LogP contribution in [0, 0.1) is 12.3 Å². The largest absolute Gasteiger partial charge is 0.490 e. The number of nitrogens with zero attached hydrogens (tertiary/aromatic N) is 1. The second-order valence-corrected chi connectivity index (χ2v) is 6.97. The van der Waals surface area contributed by atoms with E-state index in [4.69, 9.17) is 27.5 Å². The van der Waals surface area contributed by atoms with Gasteiger partial charge >= 0.3 is 0 Å². The number of hydrogen-bond donors (Lipinski definition) is 0. The zero-order valence-electron chi connectivity index (χ0n) is 14.9. The maximum atomic E-state index is 12.5. The van der Waals surface area contributed by atoms with Crippen molar-refractivity contribution in [2.24, 2.45) is 0 Å². The van der Waals surface area contributed by atoms with Gasteiger partial charge in [0.05, 0.1) is 16.5 Å². The van der Waals surface area contributed by atoms with Crippen molar-refractivity contribution in [1.29, 1.82) is 0 Å². The topological polar surface area (TPSA) is 55.8 Å². The van der Waals surface area contributed by atoms with Gasteiger partial charge in [0.2, 0.25) is 0 Å². The van der Waals surface area contributed by atoms with E-state index in [0.717, 1.165) is 11.8 Å². The zero-order chi connectivity index (χ0) is 19.3. The quantitative estimate of drug-likeness (QED) is 0.501. The highest BCUT2D eigenvalue weighted by Gasteiger charge is 2.37. The number of carbonyl (C=O) groups excluding carboxylic acids is 2. The van der Waals surface area contributed by atoms with Crippen LogP contribution in [-0.2, 0) is 4.79 Å². The van der Waals surface area contributed by atoms with Crippen LogP contribution in [-0.4, -0.2) is 35.3 Å². The molecule has 0 saturated carbocycles. The molecule has 0 bridgehead atoms. The van der Waals surface area contributed by atoms with Gasteiger partial charge in [0.25, 0.3) is 11.1 Å². The number of benzene rings is 1. The number of ether oxygens (including phenoxy) is 2. The Kier molecular flexibility index (Phi) is 7.01. The zero-order valence-corrected chi connectivity index (χ0v) is 16.4. The smallest absolute Gasteiger partial charge is 0.293 e. The summed E-state index contributed by atoms with van der Waals surface area (Å²) in [7, 11) is 0. The molecule has 5 nitrogen and oxygen atoms in total. The van der Waals surface area contributed by atoms with Crippen LogP contribution in [0.25, 0.3) is 6.08 Å². The minimum Gasteiger partial charge on any atom is -0.490 e. The molecule has 1 heterocycles. The van der Waals surface area contributed by atoms with Crippen LogP contribution < -0.4 is 9.47 Å². The molecule has 0 unspecified atom stereocenters. The Morgan fingerprint density at radius 1 is 1.35 bits per heavy atom. The van der Waals surface area contributed by atoms with Crippen LogP contribution in [0.4, 0.5) is 4.79 Å².